The van der Waals surface area contributed by atoms with Crippen LogP contribution in [0.5, 0.6) is 0 Å². The molecule has 0 aromatic carbocycles. The molecule has 0 aromatic rings. The molecule has 0 heterocycles. The van der Waals surface area contributed by atoms with Gasteiger partial charge >= 0.3 is 12.2 Å². The number of ether oxygens (including phenoxy) is 2. The van der Waals surface area contributed by atoms with Gasteiger partial charge in [-0.3, -0.25) is 4.18 Å². The number of hydrogen-bond donors (Lipinski definition) is 2. The van der Waals surface area contributed by atoms with Crippen molar-refractivity contribution in [1.82, 2.24) is 10.6 Å². The Morgan fingerprint density at radius 2 is 1.29 bits per heavy atom. The highest BCUT2D eigenvalue weighted by Gasteiger charge is 2.23. The minimum absolute atomic E-state index is 0.00551. The lowest BCUT2D eigenvalue weighted by Crippen LogP contribution is -2.51. The highest BCUT2D eigenvalue weighted by Crippen LogP contribution is 2.09. The molecule has 0 aliphatic heterocycles. The molecule has 0 saturated heterocycles. The third kappa shape index (κ3) is 14.1. The Labute approximate surface area is 143 Å². The van der Waals surface area contributed by atoms with Crippen molar-refractivity contribution in [1.29, 1.82) is 0 Å². The second kappa shape index (κ2) is 8.52. The van der Waals surface area contributed by atoms with Crippen molar-refractivity contribution < 1.29 is 31.7 Å². The van der Waals surface area contributed by atoms with E-state index in [0.29, 0.717) is 0 Å². The molecule has 0 unspecified atom stereocenters. The van der Waals surface area contributed by atoms with Crippen LogP contribution >= 0.6 is 0 Å². The summed E-state index contributed by atoms with van der Waals surface area (Å²) < 4.78 is 36.8. The Morgan fingerprint density at radius 3 is 1.58 bits per heavy atom. The SMILES string of the molecule is CC(C)(C)OC(=O)NC(CCOS(C)(=O)=O)NC(=O)OC(C)(C)C. The van der Waals surface area contributed by atoms with Crippen LogP contribution < -0.4 is 10.6 Å². The molecule has 2 N–H and O–H groups in total. The van der Waals surface area contributed by atoms with Gasteiger partial charge in [-0.15, -0.1) is 0 Å². The van der Waals surface area contributed by atoms with Crippen LogP contribution in [0.15, 0.2) is 0 Å². The summed E-state index contributed by atoms with van der Waals surface area (Å²) in [5, 5.41) is 4.86. The van der Waals surface area contributed by atoms with Crippen molar-refractivity contribution >= 4 is 22.3 Å². The van der Waals surface area contributed by atoms with Crippen LogP contribution in [0.3, 0.4) is 0 Å². The van der Waals surface area contributed by atoms with Crippen molar-refractivity contribution in [3.63, 3.8) is 0 Å². The summed E-state index contributed by atoms with van der Waals surface area (Å²) in [7, 11) is -3.62. The maximum atomic E-state index is 11.8. The zero-order valence-corrected chi connectivity index (χ0v) is 16.1. The lowest BCUT2D eigenvalue weighted by Gasteiger charge is -2.26. The van der Waals surface area contributed by atoms with Crippen molar-refractivity contribution in [3.05, 3.63) is 0 Å². The summed E-state index contributed by atoms with van der Waals surface area (Å²) in [4.78, 5) is 23.6. The van der Waals surface area contributed by atoms with Gasteiger partial charge in [0.15, 0.2) is 0 Å². The monoisotopic (exact) mass is 368 g/mol. The molecule has 9 nitrogen and oxygen atoms in total. The molecule has 0 saturated carbocycles. The third-order valence-corrected chi connectivity index (χ3v) is 2.68. The van der Waals surface area contributed by atoms with Gasteiger partial charge in [-0.1, -0.05) is 0 Å². The summed E-state index contributed by atoms with van der Waals surface area (Å²) >= 11 is 0. The van der Waals surface area contributed by atoms with Crippen LogP contribution in [0.1, 0.15) is 48.0 Å². The largest absolute Gasteiger partial charge is 0.444 e. The summed E-state index contributed by atoms with van der Waals surface area (Å²) in [5.74, 6) is 0. The quantitative estimate of drug-likeness (QED) is 0.541. The molecule has 0 aliphatic carbocycles. The predicted molar refractivity (Wildman–Crippen MR) is 87.9 cm³/mol. The van der Waals surface area contributed by atoms with E-state index in [1.165, 1.54) is 0 Å². The first kappa shape index (κ1) is 22.4. The van der Waals surface area contributed by atoms with E-state index in [4.69, 9.17) is 9.47 Å². The topological polar surface area (TPSA) is 120 Å². The fourth-order valence-electron chi connectivity index (χ4n) is 1.40. The number of carbonyl (C=O) groups is 2. The van der Waals surface area contributed by atoms with E-state index >= 15 is 0 Å². The fourth-order valence-corrected chi connectivity index (χ4v) is 1.80. The number of alkyl carbamates (subject to hydrolysis) is 2. The Balaban J connectivity index is 4.76. The van der Waals surface area contributed by atoms with Crippen molar-refractivity contribution in [2.45, 2.75) is 65.3 Å². The van der Waals surface area contributed by atoms with Crippen molar-refractivity contribution in [2.24, 2.45) is 0 Å². The first-order chi connectivity index (χ1) is 10.6. The number of amides is 2. The van der Waals surface area contributed by atoms with E-state index in [0.717, 1.165) is 6.26 Å². The Kier molecular flexibility index (Phi) is 7.97. The molecule has 0 fully saturated rings. The van der Waals surface area contributed by atoms with Crippen LogP contribution in [-0.2, 0) is 23.8 Å². The van der Waals surface area contributed by atoms with Crippen molar-refractivity contribution in [3.8, 4) is 0 Å². The smallest absolute Gasteiger partial charge is 0.409 e. The van der Waals surface area contributed by atoms with Gasteiger partial charge in [-0.2, -0.15) is 8.42 Å². The Morgan fingerprint density at radius 1 is 0.917 bits per heavy atom. The maximum absolute atomic E-state index is 11.8. The molecule has 0 aromatic heterocycles. The summed E-state index contributed by atoms with van der Waals surface area (Å²) in [6, 6.07) is 0. The van der Waals surface area contributed by atoms with Crippen LogP contribution in [0.2, 0.25) is 0 Å². The summed E-state index contributed by atoms with van der Waals surface area (Å²) in [5.41, 5.74) is -1.44. The van der Waals surface area contributed by atoms with Gasteiger partial charge in [0.1, 0.15) is 17.4 Å². The average Bonchev–Trinajstić information content (AvgIpc) is 2.20. The second-order valence-corrected chi connectivity index (χ2v) is 8.80. The van der Waals surface area contributed by atoms with Gasteiger partial charge in [0.2, 0.25) is 0 Å². The zero-order valence-electron chi connectivity index (χ0n) is 15.3. The van der Waals surface area contributed by atoms with Crippen LogP contribution in [0, 0.1) is 0 Å². The number of rotatable bonds is 6. The first-order valence-electron chi connectivity index (χ1n) is 7.41. The second-order valence-electron chi connectivity index (χ2n) is 7.16. The molecule has 0 rings (SSSR count). The van der Waals surface area contributed by atoms with E-state index in [1.54, 1.807) is 41.5 Å². The third-order valence-electron chi connectivity index (χ3n) is 2.09. The number of carbonyl (C=O) groups excluding carboxylic acids is 2. The van der Waals surface area contributed by atoms with Crippen LogP contribution in [0.25, 0.3) is 0 Å². The maximum Gasteiger partial charge on any atom is 0.409 e. The molecular formula is C14H28N2O7S. The Bertz CT molecular complexity index is 502. The molecule has 142 valence electrons. The van der Waals surface area contributed by atoms with E-state index < -0.39 is 39.7 Å². The van der Waals surface area contributed by atoms with Gasteiger partial charge in [-0.05, 0) is 41.5 Å². The minimum atomic E-state index is -3.62. The molecule has 0 bridgehead atoms. The first-order valence-corrected chi connectivity index (χ1v) is 9.22. The van der Waals surface area contributed by atoms with Gasteiger partial charge < -0.3 is 20.1 Å². The fraction of sp³-hybridized carbons (Fsp3) is 0.857. The summed E-state index contributed by atoms with van der Waals surface area (Å²) in [6.45, 7) is 9.91. The van der Waals surface area contributed by atoms with Crippen molar-refractivity contribution in [2.75, 3.05) is 12.9 Å². The van der Waals surface area contributed by atoms with E-state index in [9.17, 15) is 18.0 Å². The molecule has 2 amide bonds. The molecular weight excluding hydrogens is 340 g/mol. The molecule has 24 heavy (non-hydrogen) atoms. The van der Waals surface area contributed by atoms with Gasteiger partial charge in [0.25, 0.3) is 10.1 Å². The van der Waals surface area contributed by atoms with Gasteiger partial charge in [-0.25, -0.2) is 9.59 Å². The minimum Gasteiger partial charge on any atom is -0.444 e. The van der Waals surface area contributed by atoms with Gasteiger partial charge in [0, 0.05) is 6.42 Å². The molecule has 0 spiro atoms. The van der Waals surface area contributed by atoms with Gasteiger partial charge in [0.05, 0.1) is 12.9 Å². The standard InChI is InChI=1S/C14H28N2O7S/c1-13(2,3)22-11(17)15-10(8-9-21-24(7,19)20)16-12(18)23-14(4,5)6/h10H,8-9H2,1-7H3,(H,15,17)(H,16,18). The lowest BCUT2D eigenvalue weighted by atomic mass is 10.2. The lowest BCUT2D eigenvalue weighted by molar-refractivity contribution is 0.0415. The highest BCUT2D eigenvalue weighted by molar-refractivity contribution is 7.85. The molecule has 10 heteroatoms. The molecule has 0 radical (unpaired) electrons. The zero-order chi connectivity index (χ0) is 19.2. The number of hydrogen-bond acceptors (Lipinski definition) is 7. The van der Waals surface area contributed by atoms with E-state index in [2.05, 4.69) is 14.8 Å². The Hall–Kier alpha value is -1.55. The van der Waals surface area contributed by atoms with Crippen LogP contribution in [0.4, 0.5) is 9.59 Å². The molecule has 0 atom stereocenters. The normalized spacial score (nSPS) is 12.7. The van der Waals surface area contributed by atoms with Crippen LogP contribution in [-0.4, -0.2) is 50.8 Å². The average molecular weight is 368 g/mol. The molecule has 0 aliphatic rings. The highest BCUT2D eigenvalue weighted by atomic mass is 32.2. The van der Waals surface area contributed by atoms with E-state index in [1.807, 2.05) is 0 Å². The van der Waals surface area contributed by atoms with E-state index in [-0.39, 0.29) is 13.0 Å². The number of nitrogens with one attached hydrogen (secondary N) is 2. The summed E-state index contributed by atoms with van der Waals surface area (Å²) in [6.07, 6.45) is -1.53. The predicted octanol–water partition coefficient (Wildman–Crippen LogP) is 1.73.